The van der Waals surface area contributed by atoms with Crippen LogP contribution in [-0.2, 0) is 9.47 Å². The normalized spacial score (nSPS) is 17.5. The number of ether oxygens (including phenoxy) is 2. The molecule has 20 heavy (non-hydrogen) atoms. The summed E-state index contributed by atoms with van der Waals surface area (Å²) < 4.78 is 10.2. The molecule has 2 heterocycles. The molecule has 0 aliphatic carbocycles. The van der Waals surface area contributed by atoms with E-state index < -0.39 is 11.6 Å². The van der Waals surface area contributed by atoms with Crippen molar-refractivity contribution in [1.82, 2.24) is 4.98 Å². The number of rotatable bonds is 5. The summed E-state index contributed by atoms with van der Waals surface area (Å²) in [5.41, 5.74) is -0.438. The molecule has 0 atom stereocenters. The second kappa shape index (κ2) is 6.67. The first-order valence-electron chi connectivity index (χ1n) is 6.81. The minimum Gasteiger partial charge on any atom is -0.462 e. The number of aromatic nitrogens is 1. The number of nitrogens with zero attached hydrogens (tertiary/aromatic N) is 1. The molecule has 0 aromatic carbocycles. The van der Waals surface area contributed by atoms with E-state index in [1.807, 2.05) is 0 Å². The van der Waals surface area contributed by atoms with E-state index in [1.165, 1.54) is 0 Å². The molecule has 1 aliphatic rings. The number of hydrogen-bond acceptors (Lipinski definition) is 6. The van der Waals surface area contributed by atoms with Crippen LogP contribution in [0.4, 0.5) is 5.82 Å². The number of nitrogens with one attached hydrogen (secondary N) is 1. The third-order valence-corrected chi connectivity index (χ3v) is 3.31. The quantitative estimate of drug-likeness (QED) is 0.789. The lowest BCUT2D eigenvalue weighted by atomic mass is 9.94. The number of pyridine rings is 1. The van der Waals surface area contributed by atoms with Crippen LogP contribution in [0.25, 0.3) is 0 Å². The molecule has 1 fully saturated rings. The van der Waals surface area contributed by atoms with E-state index in [9.17, 15) is 9.90 Å². The zero-order chi connectivity index (χ0) is 14.4. The second-order valence-electron chi connectivity index (χ2n) is 4.81. The fraction of sp³-hybridized carbons (Fsp3) is 0.571. The van der Waals surface area contributed by atoms with Crippen molar-refractivity contribution in [3.05, 3.63) is 23.9 Å². The molecule has 0 saturated carbocycles. The number of anilines is 1. The van der Waals surface area contributed by atoms with Gasteiger partial charge in [-0.1, -0.05) is 0 Å². The molecule has 0 radical (unpaired) electrons. The van der Waals surface area contributed by atoms with Gasteiger partial charge in [0.05, 0.1) is 12.2 Å². The lowest BCUT2D eigenvalue weighted by Crippen LogP contribution is -2.42. The molecule has 6 nitrogen and oxygen atoms in total. The van der Waals surface area contributed by atoms with Crippen LogP contribution in [0.15, 0.2) is 18.3 Å². The predicted molar refractivity (Wildman–Crippen MR) is 73.7 cm³/mol. The summed E-state index contributed by atoms with van der Waals surface area (Å²) in [5.74, 6) is 0.0212. The van der Waals surface area contributed by atoms with Crippen molar-refractivity contribution in [2.75, 3.05) is 31.7 Å². The Bertz CT molecular complexity index is 458. The van der Waals surface area contributed by atoms with Crippen LogP contribution in [0.5, 0.6) is 0 Å². The van der Waals surface area contributed by atoms with Gasteiger partial charge in [-0.3, -0.25) is 0 Å². The molecule has 2 rings (SSSR count). The van der Waals surface area contributed by atoms with Crippen molar-refractivity contribution in [2.45, 2.75) is 25.4 Å². The lowest BCUT2D eigenvalue weighted by molar-refractivity contribution is -0.0544. The van der Waals surface area contributed by atoms with Gasteiger partial charge in [-0.05, 0) is 19.1 Å². The van der Waals surface area contributed by atoms with E-state index in [4.69, 9.17) is 9.47 Å². The minimum absolute atomic E-state index is 0.314. The summed E-state index contributed by atoms with van der Waals surface area (Å²) in [4.78, 5) is 16.0. The first-order valence-corrected chi connectivity index (χ1v) is 6.81. The predicted octanol–water partition coefficient (Wildman–Crippen LogP) is 1.21. The molecule has 1 aliphatic heterocycles. The third kappa shape index (κ3) is 3.68. The highest BCUT2D eigenvalue weighted by molar-refractivity contribution is 5.94. The molecule has 0 spiro atoms. The van der Waals surface area contributed by atoms with E-state index >= 15 is 0 Å². The standard InChI is InChI=1S/C14H20N2O4/c1-2-20-13(17)11-4-3-7-15-12(11)16-10-14(18)5-8-19-9-6-14/h3-4,7,18H,2,5-6,8-10H2,1H3,(H,15,16). The Labute approximate surface area is 118 Å². The van der Waals surface area contributed by atoms with Gasteiger partial charge in [0, 0.05) is 38.8 Å². The second-order valence-corrected chi connectivity index (χ2v) is 4.81. The number of carbonyl (C=O) groups is 1. The van der Waals surface area contributed by atoms with Crippen molar-refractivity contribution in [1.29, 1.82) is 0 Å². The van der Waals surface area contributed by atoms with Crippen molar-refractivity contribution >= 4 is 11.8 Å². The molecule has 110 valence electrons. The largest absolute Gasteiger partial charge is 0.462 e. The van der Waals surface area contributed by atoms with Crippen LogP contribution in [0.2, 0.25) is 0 Å². The van der Waals surface area contributed by atoms with Crippen molar-refractivity contribution in [2.24, 2.45) is 0 Å². The number of carbonyl (C=O) groups excluding carboxylic acids is 1. The van der Waals surface area contributed by atoms with Gasteiger partial charge in [-0.2, -0.15) is 0 Å². The van der Waals surface area contributed by atoms with E-state index in [-0.39, 0.29) is 0 Å². The highest BCUT2D eigenvalue weighted by atomic mass is 16.5. The van der Waals surface area contributed by atoms with Crippen molar-refractivity contribution in [3.8, 4) is 0 Å². The van der Waals surface area contributed by atoms with Crippen LogP contribution in [0.1, 0.15) is 30.1 Å². The molecule has 0 amide bonds. The van der Waals surface area contributed by atoms with Crippen molar-refractivity contribution < 1.29 is 19.4 Å². The van der Waals surface area contributed by atoms with Gasteiger partial charge in [0.1, 0.15) is 11.4 Å². The summed E-state index contributed by atoms with van der Waals surface area (Å²) in [6.07, 6.45) is 2.74. The molecule has 6 heteroatoms. The van der Waals surface area contributed by atoms with Crippen LogP contribution >= 0.6 is 0 Å². The van der Waals surface area contributed by atoms with Crippen LogP contribution in [0, 0.1) is 0 Å². The number of esters is 1. The monoisotopic (exact) mass is 280 g/mol. The molecule has 2 N–H and O–H groups in total. The summed E-state index contributed by atoms with van der Waals surface area (Å²) in [5, 5.41) is 13.4. The average Bonchev–Trinajstić information content (AvgIpc) is 2.47. The van der Waals surface area contributed by atoms with Gasteiger partial charge < -0.3 is 19.9 Å². The van der Waals surface area contributed by atoms with Crippen molar-refractivity contribution in [3.63, 3.8) is 0 Å². The first-order chi connectivity index (χ1) is 9.64. The summed E-state index contributed by atoms with van der Waals surface area (Å²) in [6.45, 7) is 3.50. The highest BCUT2D eigenvalue weighted by Gasteiger charge is 2.30. The Morgan fingerprint density at radius 2 is 2.30 bits per heavy atom. The van der Waals surface area contributed by atoms with E-state index in [0.717, 1.165) is 0 Å². The molecular formula is C14H20N2O4. The SMILES string of the molecule is CCOC(=O)c1cccnc1NCC1(O)CCOCC1. The topological polar surface area (TPSA) is 80.7 Å². The lowest BCUT2D eigenvalue weighted by Gasteiger charge is -2.32. The van der Waals surface area contributed by atoms with Gasteiger partial charge in [0.2, 0.25) is 0 Å². The third-order valence-electron chi connectivity index (χ3n) is 3.31. The number of hydrogen-bond donors (Lipinski definition) is 2. The maximum Gasteiger partial charge on any atom is 0.341 e. The molecular weight excluding hydrogens is 260 g/mol. The van der Waals surface area contributed by atoms with E-state index in [2.05, 4.69) is 10.3 Å². The Morgan fingerprint density at radius 1 is 1.55 bits per heavy atom. The fourth-order valence-corrected chi connectivity index (χ4v) is 2.10. The van der Waals surface area contributed by atoms with E-state index in [1.54, 1.807) is 25.3 Å². The van der Waals surface area contributed by atoms with Gasteiger partial charge in [-0.15, -0.1) is 0 Å². The van der Waals surface area contributed by atoms with Gasteiger partial charge >= 0.3 is 5.97 Å². The first kappa shape index (κ1) is 14.7. The summed E-state index contributed by atoms with van der Waals surface area (Å²) >= 11 is 0. The van der Waals surface area contributed by atoms with Crippen LogP contribution < -0.4 is 5.32 Å². The van der Waals surface area contributed by atoms with Crippen LogP contribution in [0.3, 0.4) is 0 Å². The Hall–Kier alpha value is -1.66. The molecule has 0 unspecified atom stereocenters. The summed E-state index contributed by atoms with van der Waals surface area (Å²) in [7, 11) is 0. The van der Waals surface area contributed by atoms with Gasteiger partial charge in [0.25, 0.3) is 0 Å². The average molecular weight is 280 g/mol. The summed E-state index contributed by atoms with van der Waals surface area (Å²) in [6, 6.07) is 3.34. The Balaban J connectivity index is 2.03. The Morgan fingerprint density at radius 3 is 3.00 bits per heavy atom. The van der Waals surface area contributed by atoms with Gasteiger partial charge in [0.15, 0.2) is 0 Å². The maximum absolute atomic E-state index is 11.8. The van der Waals surface area contributed by atoms with E-state index in [0.29, 0.717) is 50.6 Å². The number of aliphatic hydroxyl groups is 1. The Kier molecular flexibility index (Phi) is 4.92. The smallest absolute Gasteiger partial charge is 0.341 e. The zero-order valence-corrected chi connectivity index (χ0v) is 11.6. The fourth-order valence-electron chi connectivity index (χ4n) is 2.10. The minimum atomic E-state index is -0.818. The molecule has 0 bridgehead atoms. The molecule has 1 saturated heterocycles. The zero-order valence-electron chi connectivity index (χ0n) is 11.6. The highest BCUT2D eigenvalue weighted by Crippen LogP contribution is 2.22. The maximum atomic E-state index is 11.8. The molecule has 1 aromatic heterocycles. The van der Waals surface area contributed by atoms with Crippen LogP contribution in [-0.4, -0.2) is 48.0 Å². The van der Waals surface area contributed by atoms with Gasteiger partial charge in [-0.25, -0.2) is 9.78 Å². The molecule has 1 aromatic rings.